The van der Waals surface area contributed by atoms with Gasteiger partial charge in [-0.05, 0) is 36.8 Å². The van der Waals surface area contributed by atoms with Crippen molar-refractivity contribution < 1.29 is 31.9 Å². The van der Waals surface area contributed by atoms with Crippen LogP contribution in [0, 0.1) is 11.7 Å². The number of benzene rings is 2. The summed E-state index contributed by atoms with van der Waals surface area (Å²) in [4.78, 5) is 26.0. The van der Waals surface area contributed by atoms with Crippen LogP contribution in [-0.2, 0) is 9.59 Å². The summed E-state index contributed by atoms with van der Waals surface area (Å²) in [6, 6.07) is 10.5. The third-order valence-corrected chi connectivity index (χ3v) is 4.61. The van der Waals surface area contributed by atoms with Gasteiger partial charge < -0.3 is 15.0 Å². The van der Waals surface area contributed by atoms with Gasteiger partial charge in [-0.1, -0.05) is 24.3 Å². The summed E-state index contributed by atoms with van der Waals surface area (Å²) in [5.74, 6) is -2.30. The second-order valence-corrected chi connectivity index (χ2v) is 6.70. The second-order valence-electron chi connectivity index (χ2n) is 6.70. The fraction of sp³-hybridized carbons (Fsp3) is 0.300. The summed E-state index contributed by atoms with van der Waals surface area (Å²) >= 11 is 0. The third kappa shape index (κ3) is 5.04. The van der Waals surface area contributed by atoms with Gasteiger partial charge in [-0.2, -0.15) is 0 Å². The Kier molecular flexibility index (Phi) is 5.76. The van der Waals surface area contributed by atoms with Crippen LogP contribution in [0.25, 0.3) is 0 Å². The van der Waals surface area contributed by atoms with Gasteiger partial charge in [0.05, 0.1) is 17.6 Å². The van der Waals surface area contributed by atoms with Crippen LogP contribution < -0.4 is 15.0 Å². The lowest BCUT2D eigenvalue weighted by Crippen LogP contribution is -2.34. The molecule has 2 aromatic carbocycles. The summed E-state index contributed by atoms with van der Waals surface area (Å²) in [6.07, 6.45) is -4.83. The number of alkyl halides is 3. The first-order valence-electron chi connectivity index (χ1n) is 8.85. The van der Waals surface area contributed by atoms with Crippen molar-refractivity contribution in [3.63, 3.8) is 0 Å². The van der Waals surface area contributed by atoms with E-state index in [1.807, 2.05) is 0 Å². The number of hydrogen-bond donors (Lipinski definition) is 1. The van der Waals surface area contributed by atoms with Crippen molar-refractivity contribution in [2.24, 2.45) is 5.92 Å². The highest BCUT2D eigenvalue weighted by atomic mass is 19.4. The number of anilines is 1. The number of para-hydroxylation sites is 1. The number of carbonyl (C=O) groups is 2. The van der Waals surface area contributed by atoms with Crippen molar-refractivity contribution in [1.29, 1.82) is 0 Å². The molecule has 0 radical (unpaired) electrons. The molecular weight excluding hydrogens is 392 g/mol. The van der Waals surface area contributed by atoms with E-state index >= 15 is 0 Å². The van der Waals surface area contributed by atoms with E-state index in [0.29, 0.717) is 5.56 Å². The van der Waals surface area contributed by atoms with E-state index < -0.39 is 24.1 Å². The van der Waals surface area contributed by atoms with Crippen molar-refractivity contribution in [3.05, 3.63) is 59.9 Å². The maximum atomic E-state index is 13.9. The van der Waals surface area contributed by atoms with Crippen molar-refractivity contribution in [2.75, 3.05) is 11.4 Å². The molecule has 3 rings (SSSR count). The second kappa shape index (κ2) is 8.10. The Morgan fingerprint density at radius 1 is 1.17 bits per heavy atom. The molecule has 9 heteroatoms. The van der Waals surface area contributed by atoms with Gasteiger partial charge in [-0.15, -0.1) is 13.2 Å². The minimum atomic E-state index is -4.78. The monoisotopic (exact) mass is 410 g/mol. The third-order valence-electron chi connectivity index (χ3n) is 4.61. The smallest absolute Gasteiger partial charge is 0.406 e. The molecule has 0 saturated carbocycles. The van der Waals surface area contributed by atoms with Gasteiger partial charge in [0.1, 0.15) is 11.6 Å². The number of carbonyl (C=O) groups excluding carboxylic acids is 2. The largest absolute Gasteiger partial charge is 0.573 e. The highest BCUT2D eigenvalue weighted by molar-refractivity contribution is 6.00. The quantitative estimate of drug-likeness (QED) is 0.760. The van der Waals surface area contributed by atoms with E-state index in [-0.39, 0.29) is 36.2 Å². The molecule has 0 bridgehead atoms. The average Bonchev–Trinajstić information content (AvgIpc) is 3.03. The Morgan fingerprint density at radius 2 is 1.83 bits per heavy atom. The van der Waals surface area contributed by atoms with Crippen LogP contribution in [-0.4, -0.2) is 24.7 Å². The molecule has 154 valence electrons. The molecule has 2 atom stereocenters. The van der Waals surface area contributed by atoms with Gasteiger partial charge >= 0.3 is 6.36 Å². The average molecular weight is 410 g/mol. The summed E-state index contributed by atoms with van der Waals surface area (Å²) in [7, 11) is 0. The van der Waals surface area contributed by atoms with E-state index in [4.69, 9.17) is 0 Å². The zero-order chi connectivity index (χ0) is 21.2. The van der Waals surface area contributed by atoms with Crippen molar-refractivity contribution in [3.8, 4) is 5.75 Å². The predicted octanol–water partition coefficient (Wildman–Crippen LogP) is 3.95. The first-order chi connectivity index (χ1) is 13.6. The van der Waals surface area contributed by atoms with Gasteiger partial charge in [0.15, 0.2) is 0 Å². The van der Waals surface area contributed by atoms with Crippen LogP contribution in [0.3, 0.4) is 0 Å². The van der Waals surface area contributed by atoms with Crippen LogP contribution in [0.4, 0.5) is 23.2 Å². The zero-order valence-electron chi connectivity index (χ0n) is 15.4. The molecule has 2 unspecified atom stereocenters. The molecule has 5 nitrogen and oxygen atoms in total. The van der Waals surface area contributed by atoms with Gasteiger partial charge in [-0.25, -0.2) is 4.39 Å². The Balaban J connectivity index is 1.61. The Hall–Kier alpha value is -3.10. The van der Waals surface area contributed by atoms with E-state index in [9.17, 15) is 27.2 Å². The molecule has 2 aromatic rings. The number of rotatable bonds is 5. The zero-order valence-corrected chi connectivity index (χ0v) is 15.4. The van der Waals surface area contributed by atoms with Gasteiger partial charge in [-0.3, -0.25) is 9.59 Å². The Morgan fingerprint density at radius 3 is 2.45 bits per heavy atom. The summed E-state index contributed by atoms with van der Waals surface area (Å²) in [6.45, 7) is 1.72. The molecular formula is C20H18F4N2O3. The number of amides is 2. The first kappa shape index (κ1) is 20.6. The molecule has 0 aliphatic carbocycles. The number of nitrogens with zero attached hydrogens (tertiary/aromatic N) is 1. The van der Waals surface area contributed by atoms with E-state index in [1.54, 1.807) is 13.0 Å². The maximum absolute atomic E-state index is 13.9. The van der Waals surface area contributed by atoms with Crippen molar-refractivity contribution in [2.45, 2.75) is 25.7 Å². The predicted molar refractivity (Wildman–Crippen MR) is 96.5 cm³/mol. The maximum Gasteiger partial charge on any atom is 0.573 e. The van der Waals surface area contributed by atoms with Crippen molar-refractivity contribution >= 4 is 17.5 Å². The standard InChI is InChI=1S/C20H18F4N2O3/c1-12(13-6-8-15(9-7-13)29-20(22,23)24)25-19(28)14-10-18(27)26(11-14)17-5-3-2-4-16(17)21/h2-9,12,14H,10-11H2,1H3,(H,25,28). The normalized spacial score (nSPS) is 17.9. The molecule has 2 amide bonds. The molecule has 29 heavy (non-hydrogen) atoms. The van der Waals surface area contributed by atoms with Crippen LogP contribution in [0.1, 0.15) is 24.9 Å². The van der Waals surface area contributed by atoms with Gasteiger partial charge in [0, 0.05) is 13.0 Å². The lowest BCUT2D eigenvalue weighted by Gasteiger charge is -2.19. The molecule has 1 heterocycles. The summed E-state index contributed by atoms with van der Waals surface area (Å²) < 4.78 is 54.4. The fourth-order valence-electron chi connectivity index (χ4n) is 3.16. The van der Waals surface area contributed by atoms with Gasteiger partial charge in [0.2, 0.25) is 11.8 Å². The Labute approximate surface area is 164 Å². The first-order valence-corrected chi connectivity index (χ1v) is 8.85. The number of halogens is 4. The molecule has 1 N–H and O–H groups in total. The minimum Gasteiger partial charge on any atom is -0.406 e. The van der Waals surface area contributed by atoms with E-state index in [2.05, 4.69) is 10.1 Å². The van der Waals surface area contributed by atoms with E-state index in [0.717, 1.165) is 12.1 Å². The summed E-state index contributed by atoms with van der Waals surface area (Å²) in [5.41, 5.74) is 0.698. The van der Waals surface area contributed by atoms with Crippen LogP contribution in [0.5, 0.6) is 5.75 Å². The number of nitrogens with one attached hydrogen (secondary N) is 1. The van der Waals surface area contributed by atoms with Crippen LogP contribution in [0.15, 0.2) is 48.5 Å². The highest BCUT2D eigenvalue weighted by Crippen LogP contribution is 2.28. The lowest BCUT2D eigenvalue weighted by molar-refractivity contribution is -0.274. The van der Waals surface area contributed by atoms with Crippen molar-refractivity contribution in [1.82, 2.24) is 5.32 Å². The highest BCUT2D eigenvalue weighted by Gasteiger charge is 2.36. The molecule has 1 aliphatic heterocycles. The fourth-order valence-corrected chi connectivity index (χ4v) is 3.16. The SMILES string of the molecule is CC(NC(=O)C1CC(=O)N(c2ccccc2F)C1)c1ccc(OC(F)(F)F)cc1. The van der Waals surface area contributed by atoms with Crippen LogP contribution in [0.2, 0.25) is 0 Å². The van der Waals surface area contributed by atoms with E-state index in [1.165, 1.54) is 35.2 Å². The minimum absolute atomic E-state index is 0.0503. The molecule has 1 fully saturated rings. The molecule has 1 saturated heterocycles. The number of ether oxygens (including phenoxy) is 1. The topological polar surface area (TPSA) is 58.6 Å². The van der Waals surface area contributed by atoms with Crippen LogP contribution >= 0.6 is 0 Å². The Bertz CT molecular complexity index is 899. The summed E-state index contributed by atoms with van der Waals surface area (Å²) in [5, 5.41) is 2.74. The molecule has 0 spiro atoms. The molecule has 1 aliphatic rings. The van der Waals surface area contributed by atoms with Gasteiger partial charge in [0.25, 0.3) is 0 Å². The lowest BCUT2D eigenvalue weighted by atomic mass is 10.0. The number of hydrogen-bond acceptors (Lipinski definition) is 3. The molecule has 0 aromatic heterocycles.